The quantitative estimate of drug-likeness (QED) is 0.589. The number of benzene rings is 2. The number of amides is 1. The molecule has 0 fully saturated rings. The van der Waals surface area contributed by atoms with Gasteiger partial charge in [-0.2, -0.15) is 0 Å². The summed E-state index contributed by atoms with van der Waals surface area (Å²) in [6.07, 6.45) is 0. The van der Waals surface area contributed by atoms with Gasteiger partial charge < -0.3 is 10.6 Å². The molecule has 1 heterocycles. The Kier molecular flexibility index (Phi) is 5.90. The first-order valence-corrected chi connectivity index (χ1v) is 9.98. The van der Waals surface area contributed by atoms with Crippen LogP contribution in [0.25, 0.3) is 0 Å². The van der Waals surface area contributed by atoms with E-state index in [1.807, 2.05) is 43.3 Å². The fourth-order valence-corrected chi connectivity index (χ4v) is 3.91. The lowest BCUT2D eigenvalue weighted by molar-refractivity contribution is -0.113. The van der Waals surface area contributed by atoms with Crippen LogP contribution >= 0.6 is 23.1 Å². The molecule has 0 spiro atoms. The van der Waals surface area contributed by atoms with Crippen LogP contribution in [0.2, 0.25) is 0 Å². The molecule has 2 aromatic carbocycles. The largest absolute Gasteiger partial charge is 0.330 e. The summed E-state index contributed by atoms with van der Waals surface area (Å²) >= 11 is 2.83. The number of nitrogens with one attached hydrogen (secondary N) is 2. The minimum absolute atomic E-state index is 0.0523. The number of para-hydroxylation sites is 1. The number of carbonyl (C=O) groups excluding carboxylic acids is 1. The van der Waals surface area contributed by atoms with Gasteiger partial charge >= 0.3 is 0 Å². The highest BCUT2D eigenvalue weighted by atomic mass is 32.2. The molecule has 0 bridgehead atoms. The van der Waals surface area contributed by atoms with Gasteiger partial charge in [-0.05, 0) is 49.6 Å². The molecule has 7 heteroatoms. The van der Waals surface area contributed by atoms with Gasteiger partial charge in [0.05, 0.1) is 5.75 Å². The average molecular weight is 385 g/mol. The van der Waals surface area contributed by atoms with Crippen molar-refractivity contribution in [1.82, 2.24) is 10.2 Å². The van der Waals surface area contributed by atoms with Crippen LogP contribution in [-0.2, 0) is 4.79 Å². The van der Waals surface area contributed by atoms with Crippen molar-refractivity contribution in [2.75, 3.05) is 16.4 Å². The summed E-state index contributed by atoms with van der Waals surface area (Å²) in [5.74, 6) is 0.246. The summed E-state index contributed by atoms with van der Waals surface area (Å²) in [5, 5.41) is 15.3. The Hall–Kier alpha value is -2.38. The van der Waals surface area contributed by atoms with Gasteiger partial charge in [0, 0.05) is 11.4 Å². The van der Waals surface area contributed by atoms with Crippen LogP contribution in [0, 0.1) is 20.8 Å². The SMILES string of the molecule is Cc1ccccc1NC(=O)CSc1nnc(Nc2cccc(C)c2C)s1. The third-order valence-corrected chi connectivity index (χ3v) is 5.97. The average Bonchev–Trinajstić information content (AvgIpc) is 3.07. The first kappa shape index (κ1) is 18.4. The van der Waals surface area contributed by atoms with E-state index in [4.69, 9.17) is 0 Å². The Labute approximate surface area is 161 Å². The van der Waals surface area contributed by atoms with Gasteiger partial charge in [-0.3, -0.25) is 4.79 Å². The van der Waals surface area contributed by atoms with Gasteiger partial charge in [-0.1, -0.05) is 53.4 Å². The summed E-state index contributed by atoms with van der Waals surface area (Å²) in [5.41, 5.74) is 5.32. The molecule has 0 aliphatic carbocycles. The zero-order chi connectivity index (χ0) is 18.5. The minimum atomic E-state index is -0.0523. The third kappa shape index (κ3) is 4.62. The second-order valence-electron chi connectivity index (χ2n) is 5.90. The minimum Gasteiger partial charge on any atom is -0.330 e. The van der Waals surface area contributed by atoms with Crippen LogP contribution in [0.15, 0.2) is 46.8 Å². The van der Waals surface area contributed by atoms with Gasteiger partial charge in [0.1, 0.15) is 0 Å². The standard InChI is InChI=1S/C19H20N4OS2/c1-12-8-6-10-16(14(12)3)21-18-22-23-19(26-18)25-11-17(24)20-15-9-5-4-7-13(15)2/h4-10H,11H2,1-3H3,(H,20,24)(H,21,22). The predicted octanol–water partition coefficient (Wildman–Crippen LogP) is 4.94. The molecule has 0 aliphatic heterocycles. The Morgan fingerprint density at radius 1 is 1.00 bits per heavy atom. The molecule has 0 saturated heterocycles. The topological polar surface area (TPSA) is 66.9 Å². The van der Waals surface area contributed by atoms with E-state index in [0.717, 1.165) is 26.4 Å². The summed E-state index contributed by atoms with van der Waals surface area (Å²) < 4.78 is 0.762. The first-order chi connectivity index (χ1) is 12.5. The van der Waals surface area contributed by atoms with Crippen molar-refractivity contribution in [2.45, 2.75) is 25.1 Å². The van der Waals surface area contributed by atoms with Gasteiger partial charge in [0.15, 0.2) is 4.34 Å². The number of hydrogen-bond donors (Lipinski definition) is 2. The maximum atomic E-state index is 12.1. The van der Waals surface area contributed by atoms with Crippen molar-refractivity contribution in [3.05, 3.63) is 59.2 Å². The van der Waals surface area contributed by atoms with Crippen molar-refractivity contribution in [2.24, 2.45) is 0 Å². The second-order valence-corrected chi connectivity index (χ2v) is 8.10. The fraction of sp³-hybridized carbons (Fsp3) is 0.211. The Bertz CT molecular complexity index is 923. The maximum absolute atomic E-state index is 12.1. The molecule has 3 aromatic rings. The third-order valence-electron chi connectivity index (χ3n) is 4.00. The molecule has 0 saturated carbocycles. The predicted molar refractivity (Wildman–Crippen MR) is 110 cm³/mol. The fourth-order valence-electron chi connectivity index (χ4n) is 2.35. The van der Waals surface area contributed by atoms with Gasteiger partial charge in [0.2, 0.25) is 11.0 Å². The molecule has 1 aromatic heterocycles. The number of anilines is 3. The summed E-state index contributed by atoms with van der Waals surface area (Å²) in [4.78, 5) is 12.1. The number of rotatable bonds is 6. The van der Waals surface area contributed by atoms with Crippen LogP contribution in [-0.4, -0.2) is 21.9 Å². The highest BCUT2D eigenvalue weighted by Crippen LogP contribution is 2.29. The van der Waals surface area contributed by atoms with E-state index in [9.17, 15) is 4.79 Å². The summed E-state index contributed by atoms with van der Waals surface area (Å²) in [6.45, 7) is 6.12. The monoisotopic (exact) mass is 384 g/mol. The highest BCUT2D eigenvalue weighted by molar-refractivity contribution is 8.01. The van der Waals surface area contributed by atoms with Crippen molar-refractivity contribution in [3.8, 4) is 0 Å². The molecule has 5 nitrogen and oxygen atoms in total. The zero-order valence-corrected chi connectivity index (χ0v) is 16.5. The summed E-state index contributed by atoms with van der Waals surface area (Å²) in [7, 11) is 0. The van der Waals surface area contributed by atoms with Crippen molar-refractivity contribution in [1.29, 1.82) is 0 Å². The lowest BCUT2D eigenvalue weighted by Crippen LogP contribution is -2.14. The molecule has 3 rings (SSSR count). The summed E-state index contributed by atoms with van der Waals surface area (Å²) in [6, 6.07) is 13.8. The van der Waals surface area contributed by atoms with E-state index in [1.54, 1.807) is 0 Å². The number of nitrogens with zero attached hydrogens (tertiary/aromatic N) is 2. The Morgan fingerprint density at radius 3 is 2.54 bits per heavy atom. The lowest BCUT2D eigenvalue weighted by atomic mass is 10.1. The number of carbonyl (C=O) groups is 1. The van der Waals surface area contributed by atoms with Crippen LogP contribution in [0.3, 0.4) is 0 Å². The van der Waals surface area contributed by atoms with Crippen molar-refractivity contribution in [3.63, 3.8) is 0 Å². The van der Waals surface area contributed by atoms with E-state index in [1.165, 1.54) is 34.2 Å². The molecule has 2 N–H and O–H groups in total. The first-order valence-electron chi connectivity index (χ1n) is 8.18. The molecule has 0 aliphatic rings. The van der Waals surface area contributed by atoms with E-state index >= 15 is 0 Å². The maximum Gasteiger partial charge on any atom is 0.234 e. The van der Waals surface area contributed by atoms with E-state index in [-0.39, 0.29) is 5.91 Å². The molecule has 0 unspecified atom stereocenters. The van der Waals surface area contributed by atoms with E-state index < -0.39 is 0 Å². The zero-order valence-electron chi connectivity index (χ0n) is 14.9. The van der Waals surface area contributed by atoms with E-state index in [2.05, 4.69) is 40.7 Å². The molecule has 26 heavy (non-hydrogen) atoms. The number of aromatic nitrogens is 2. The molecule has 0 atom stereocenters. The molecular weight excluding hydrogens is 364 g/mol. The van der Waals surface area contributed by atoms with Gasteiger partial charge in [-0.25, -0.2) is 0 Å². The van der Waals surface area contributed by atoms with Crippen LogP contribution < -0.4 is 10.6 Å². The molecule has 1 amide bonds. The molecule has 134 valence electrons. The Balaban J connectivity index is 1.56. The molecule has 0 radical (unpaired) electrons. The van der Waals surface area contributed by atoms with Gasteiger partial charge in [-0.15, -0.1) is 10.2 Å². The van der Waals surface area contributed by atoms with Crippen LogP contribution in [0.5, 0.6) is 0 Å². The van der Waals surface area contributed by atoms with Crippen LogP contribution in [0.1, 0.15) is 16.7 Å². The van der Waals surface area contributed by atoms with Crippen LogP contribution in [0.4, 0.5) is 16.5 Å². The van der Waals surface area contributed by atoms with Gasteiger partial charge in [0.25, 0.3) is 0 Å². The van der Waals surface area contributed by atoms with Crippen molar-refractivity contribution < 1.29 is 4.79 Å². The highest BCUT2D eigenvalue weighted by Gasteiger charge is 2.10. The number of aryl methyl sites for hydroxylation is 2. The lowest BCUT2D eigenvalue weighted by Gasteiger charge is -2.08. The van der Waals surface area contributed by atoms with Crippen molar-refractivity contribution >= 4 is 45.5 Å². The number of hydrogen-bond acceptors (Lipinski definition) is 6. The number of thioether (sulfide) groups is 1. The molecular formula is C19H20N4OS2. The van der Waals surface area contributed by atoms with E-state index in [0.29, 0.717) is 5.75 Å². The Morgan fingerprint density at radius 2 is 1.73 bits per heavy atom. The smallest absolute Gasteiger partial charge is 0.234 e. The normalized spacial score (nSPS) is 10.6. The second kappa shape index (κ2) is 8.33.